The van der Waals surface area contributed by atoms with Crippen LogP contribution < -0.4 is 5.32 Å². The molecule has 1 aromatic rings. The molecule has 2 rings (SSSR count). The van der Waals surface area contributed by atoms with Gasteiger partial charge in [-0.25, -0.2) is 5.06 Å². The zero-order valence-corrected chi connectivity index (χ0v) is 6.84. The van der Waals surface area contributed by atoms with Crippen molar-refractivity contribution < 1.29 is 10.0 Å². The number of hydrogen-bond acceptors (Lipinski definition) is 4. The molecule has 1 aliphatic rings. The van der Waals surface area contributed by atoms with Crippen molar-refractivity contribution in [3.05, 3.63) is 30.1 Å². The van der Waals surface area contributed by atoms with Crippen molar-refractivity contribution in [2.75, 3.05) is 6.54 Å². The van der Waals surface area contributed by atoms with Gasteiger partial charge in [0, 0.05) is 18.0 Å². The van der Waals surface area contributed by atoms with Crippen LogP contribution in [0.2, 0.25) is 0 Å². The summed E-state index contributed by atoms with van der Waals surface area (Å²) in [4.78, 5) is 14.9. The topological polar surface area (TPSA) is 65.5 Å². The van der Waals surface area contributed by atoms with E-state index < -0.39 is 6.17 Å². The average Bonchev–Trinajstić information content (AvgIpc) is 2.49. The van der Waals surface area contributed by atoms with Crippen LogP contribution in [0.25, 0.3) is 0 Å². The maximum absolute atomic E-state index is 11.0. The van der Waals surface area contributed by atoms with Gasteiger partial charge in [-0.1, -0.05) is 6.07 Å². The molecule has 1 saturated heterocycles. The molecule has 1 aromatic heterocycles. The fourth-order valence-electron chi connectivity index (χ4n) is 1.29. The fourth-order valence-corrected chi connectivity index (χ4v) is 1.29. The van der Waals surface area contributed by atoms with E-state index in [0.29, 0.717) is 5.06 Å². The summed E-state index contributed by atoms with van der Waals surface area (Å²) < 4.78 is 0. The summed E-state index contributed by atoms with van der Waals surface area (Å²) in [7, 11) is 0. The van der Waals surface area contributed by atoms with E-state index in [9.17, 15) is 10.0 Å². The Kier molecular flexibility index (Phi) is 1.96. The molecule has 2 N–H and O–H groups in total. The van der Waals surface area contributed by atoms with E-state index in [1.165, 1.54) is 0 Å². The van der Waals surface area contributed by atoms with Crippen LogP contribution in [-0.4, -0.2) is 27.7 Å². The Morgan fingerprint density at radius 2 is 2.54 bits per heavy atom. The predicted octanol–water partition coefficient (Wildman–Crippen LogP) is -0.0988. The summed E-state index contributed by atoms with van der Waals surface area (Å²) in [5.74, 6) is -0.325. The number of amides is 1. The van der Waals surface area contributed by atoms with Crippen LogP contribution in [0.15, 0.2) is 24.5 Å². The molecule has 2 heterocycles. The lowest BCUT2D eigenvalue weighted by atomic mass is 10.2. The van der Waals surface area contributed by atoms with Crippen LogP contribution in [0.4, 0.5) is 0 Å². The number of nitrogens with one attached hydrogen (secondary N) is 1. The van der Waals surface area contributed by atoms with Crippen LogP contribution in [0.3, 0.4) is 0 Å². The minimum atomic E-state index is -0.457. The predicted molar refractivity (Wildman–Crippen MR) is 43.6 cm³/mol. The van der Waals surface area contributed by atoms with E-state index in [0.717, 1.165) is 5.56 Å². The van der Waals surface area contributed by atoms with Gasteiger partial charge in [-0.3, -0.25) is 20.3 Å². The molecule has 0 aliphatic carbocycles. The van der Waals surface area contributed by atoms with Gasteiger partial charge in [-0.05, 0) is 6.07 Å². The number of nitrogens with zero attached hydrogens (tertiary/aromatic N) is 2. The van der Waals surface area contributed by atoms with Gasteiger partial charge in [0.05, 0.1) is 6.54 Å². The molecule has 0 saturated carbocycles. The molecular formula is C8H9N3O2. The Morgan fingerprint density at radius 1 is 1.69 bits per heavy atom. The van der Waals surface area contributed by atoms with Crippen LogP contribution in [-0.2, 0) is 4.79 Å². The molecule has 5 heteroatoms. The number of carbonyl (C=O) groups excluding carboxylic acids is 1. The van der Waals surface area contributed by atoms with Crippen LogP contribution in [0.5, 0.6) is 0 Å². The molecule has 0 bridgehead atoms. The second-order valence-corrected chi connectivity index (χ2v) is 2.81. The van der Waals surface area contributed by atoms with E-state index in [4.69, 9.17) is 0 Å². The second-order valence-electron chi connectivity index (χ2n) is 2.81. The number of hydroxylamine groups is 2. The number of rotatable bonds is 1. The van der Waals surface area contributed by atoms with Crippen molar-refractivity contribution in [1.29, 1.82) is 0 Å². The molecule has 0 radical (unpaired) electrons. The van der Waals surface area contributed by atoms with Crippen LogP contribution >= 0.6 is 0 Å². The normalized spacial score (nSPS) is 22.4. The Bertz CT molecular complexity index is 314. The lowest BCUT2D eigenvalue weighted by molar-refractivity contribution is -0.165. The second kappa shape index (κ2) is 3.12. The standard InChI is InChI=1S/C8H9N3O2/c12-7-5-10-8(11(7)13)6-2-1-3-9-4-6/h1-4,8,10,13H,5H2. The summed E-state index contributed by atoms with van der Waals surface area (Å²) in [6, 6.07) is 3.56. The lowest BCUT2D eigenvalue weighted by Gasteiger charge is -2.16. The van der Waals surface area contributed by atoms with Gasteiger partial charge in [0.2, 0.25) is 0 Å². The quantitative estimate of drug-likeness (QED) is 0.591. The van der Waals surface area contributed by atoms with Crippen LogP contribution in [0.1, 0.15) is 11.7 Å². The maximum Gasteiger partial charge on any atom is 0.261 e. The Labute approximate surface area is 75.0 Å². The molecule has 0 aromatic carbocycles. The highest BCUT2D eigenvalue weighted by Crippen LogP contribution is 2.18. The number of pyridine rings is 1. The molecule has 68 valence electrons. The molecule has 5 nitrogen and oxygen atoms in total. The number of carbonyl (C=O) groups is 1. The first-order valence-corrected chi connectivity index (χ1v) is 3.93. The van der Waals surface area contributed by atoms with E-state index in [2.05, 4.69) is 10.3 Å². The first kappa shape index (κ1) is 8.15. The molecule has 13 heavy (non-hydrogen) atoms. The van der Waals surface area contributed by atoms with Crippen molar-refractivity contribution in [2.24, 2.45) is 0 Å². The molecule has 0 spiro atoms. The van der Waals surface area contributed by atoms with Crippen molar-refractivity contribution in [3.63, 3.8) is 0 Å². The summed E-state index contributed by atoms with van der Waals surface area (Å²) in [6.45, 7) is 0.163. The largest absolute Gasteiger partial charge is 0.284 e. The Hall–Kier alpha value is -1.46. The third-order valence-electron chi connectivity index (χ3n) is 1.95. The summed E-state index contributed by atoms with van der Waals surface area (Å²) in [5.41, 5.74) is 0.774. The Morgan fingerprint density at radius 3 is 3.08 bits per heavy atom. The highest BCUT2D eigenvalue weighted by Gasteiger charge is 2.30. The van der Waals surface area contributed by atoms with Crippen LogP contribution in [0, 0.1) is 0 Å². The first-order valence-electron chi connectivity index (χ1n) is 3.93. The van der Waals surface area contributed by atoms with Crippen molar-refractivity contribution >= 4 is 5.91 Å². The maximum atomic E-state index is 11.0. The number of hydrogen-bond donors (Lipinski definition) is 2. The zero-order chi connectivity index (χ0) is 9.26. The molecule has 1 aliphatic heterocycles. The monoisotopic (exact) mass is 179 g/mol. The third kappa shape index (κ3) is 1.39. The molecule has 1 fully saturated rings. The molecular weight excluding hydrogens is 170 g/mol. The zero-order valence-electron chi connectivity index (χ0n) is 6.84. The van der Waals surface area contributed by atoms with Gasteiger partial charge in [0.15, 0.2) is 0 Å². The summed E-state index contributed by atoms with van der Waals surface area (Å²) in [5, 5.41) is 12.9. The average molecular weight is 179 g/mol. The summed E-state index contributed by atoms with van der Waals surface area (Å²) >= 11 is 0. The van der Waals surface area contributed by atoms with E-state index in [1.54, 1.807) is 24.5 Å². The highest BCUT2D eigenvalue weighted by molar-refractivity contribution is 5.79. The molecule has 1 atom stereocenters. The Balaban J connectivity index is 2.24. The lowest BCUT2D eigenvalue weighted by Crippen LogP contribution is -2.26. The highest BCUT2D eigenvalue weighted by atomic mass is 16.5. The molecule has 1 amide bonds. The first-order chi connectivity index (χ1) is 6.29. The third-order valence-corrected chi connectivity index (χ3v) is 1.95. The smallest absolute Gasteiger partial charge is 0.261 e. The van der Waals surface area contributed by atoms with Gasteiger partial charge < -0.3 is 0 Å². The summed E-state index contributed by atoms with van der Waals surface area (Å²) in [6.07, 6.45) is 2.79. The van der Waals surface area contributed by atoms with Gasteiger partial charge in [0.1, 0.15) is 6.17 Å². The van der Waals surface area contributed by atoms with Gasteiger partial charge in [0.25, 0.3) is 5.91 Å². The molecule has 1 unspecified atom stereocenters. The van der Waals surface area contributed by atoms with E-state index >= 15 is 0 Å². The van der Waals surface area contributed by atoms with Gasteiger partial charge in [-0.2, -0.15) is 0 Å². The minimum Gasteiger partial charge on any atom is -0.284 e. The van der Waals surface area contributed by atoms with Crippen molar-refractivity contribution in [3.8, 4) is 0 Å². The van der Waals surface area contributed by atoms with E-state index in [-0.39, 0.29) is 12.5 Å². The van der Waals surface area contributed by atoms with Gasteiger partial charge in [-0.15, -0.1) is 0 Å². The SMILES string of the molecule is O=C1CNC(c2cccnc2)N1O. The number of aromatic nitrogens is 1. The van der Waals surface area contributed by atoms with Gasteiger partial charge >= 0.3 is 0 Å². The van der Waals surface area contributed by atoms with Crippen molar-refractivity contribution in [1.82, 2.24) is 15.4 Å². The fraction of sp³-hybridized carbons (Fsp3) is 0.250. The van der Waals surface area contributed by atoms with Crippen molar-refractivity contribution in [2.45, 2.75) is 6.17 Å². The minimum absolute atomic E-state index is 0.163. The van der Waals surface area contributed by atoms with E-state index in [1.807, 2.05) is 0 Å².